The molecule has 6 heteroatoms. The number of hydrogen-bond acceptors (Lipinski definition) is 5. The second-order valence-electron chi connectivity index (χ2n) is 16.1. The van der Waals surface area contributed by atoms with Crippen molar-refractivity contribution in [1.82, 2.24) is 5.32 Å². The first-order valence-corrected chi connectivity index (χ1v) is 23.8. The van der Waals surface area contributed by atoms with Crippen molar-refractivity contribution in [2.75, 3.05) is 13.2 Å². The van der Waals surface area contributed by atoms with Crippen LogP contribution in [0, 0.1) is 0 Å². The monoisotopic (exact) mass is 774 g/mol. The van der Waals surface area contributed by atoms with Gasteiger partial charge in [0, 0.05) is 12.8 Å². The highest BCUT2D eigenvalue weighted by atomic mass is 16.5. The molecule has 0 aliphatic carbocycles. The maximum absolute atomic E-state index is 12.4. The number of aliphatic hydroxyl groups excluding tert-OH is 2. The standard InChI is InChI=1S/C49H91NO5/c1-3-5-7-9-11-13-15-19-23-27-31-35-39-43-49(54)55-44-40-36-32-28-24-21-18-16-17-20-22-26-30-34-38-42-48(53)50-46(45-51)47(52)41-37-33-29-25-14-12-10-8-6-4-2/h13,15-16,18,21,24,46-47,51-52H,3-12,14,17,19-20,22-23,25-45H2,1-2H3,(H,50,53)/b15-13-,18-16-,24-21-. The van der Waals surface area contributed by atoms with Gasteiger partial charge < -0.3 is 20.3 Å². The molecular weight excluding hydrogens is 683 g/mol. The lowest BCUT2D eigenvalue weighted by molar-refractivity contribution is -0.143. The van der Waals surface area contributed by atoms with Crippen LogP contribution in [0.15, 0.2) is 36.5 Å². The van der Waals surface area contributed by atoms with E-state index in [0.717, 1.165) is 77.0 Å². The van der Waals surface area contributed by atoms with Crippen molar-refractivity contribution in [1.29, 1.82) is 0 Å². The van der Waals surface area contributed by atoms with E-state index >= 15 is 0 Å². The molecule has 3 N–H and O–H groups in total. The van der Waals surface area contributed by atoms with Gasteiger partial charge in [-0.15, -0.1) is 0 Å². The van der Waals surface area contributed by atoms with Crippen molar-refractivity contribution in [2.24, 2.45) is 0 Å². The summed E-state index contributed by atoms with van der Waals surface area (Å²) in [6, 6.07) is -0.556. The number of allylic oxidation sites excluding steroid dienone is 6. The van der Waals surface area contributed by atoms with Crippen LogP contribution in [0.3, 0.4) is 0 Å². The number of esters is 1. The minimum atomic E-state index is -0.677. The number of carbonyl (C=O) groups excluding carboxylic acids is 2. The van der Waals surface area contributed by atoms with Crippen LogP contribution < -0.4 is 5.32 Å². The number of nitrogens with one attached hydrogen (secondary N) is 1. The van der Waals surface area contributed by atoms with Crippen molar-refractivity contribution in [3.63, 3.8) is 0 Å². The van der Waals surface area contributed by atoms with Gasteiger partial charge in [0.2, 0.25) is 5.91 Å². The first-order valence-electron chi connectivity index (χ1n) is 23.8. The fraction of sp³-hybridized carbons (Fsp3) is 0.837. The van der Waals surface area contributed by atoms with Gasteiger partial charge >= 0.3 is 5.97 Å². The predicted molar refractivity (Wildman–Crippen MR) is 236 cm³/mol. The van der Waals surface area contributed by atoms with Gasteiger partial charge in [0.1, 0.15) is 0 Å². The normalized spacial score (nSPS) is 13.0. The number of unbranched alkanes of at least 4 members (excludes halogenated alkanes) is 27. The molecule has 2 atom stereocenters. The summed E-state index contributed by atoms with van der Waals surface area (Å²) < 4.78 is 5.42. The summed E-state index contributed by atoms with van der Waals surface area (Å²) >= 11 is 0. The molecule has 0 aliphatic rings. The Morgan fingerprint density at radius 1 is 0.509 bits per heavy atom. The van der Waals surface area contributed by atoms with E-state index in [1.807, 2.05) is 0 Å². The summed E-state index contributed by atoms with van der Waals surface area (Å²) in [6.45, 7) is 4.84. The number of amides is 1. The van der Waals surface area contributed by atoms with Crippen LogP contribution in [0.25, 0.3) is 0 Å². The summed E-state index contributed by atoms with van der Waals surface area (Å²) in [5.74, 6) is -0.0930. The maximum atomic E-state index is 12.4. The van der Waals surface area contributed by atoms with Crippen molar-refractivity contribution in [3.8, 4) is 0 Å². The topological polar surface area (TPSA) is 95.9 Å². The molecule has 55 heavy (non-hydrogen) atoms. The summed E-state index contributed by atoms with van der Waals surface area (Å²) in [7, 11) is 0. The predicted octanol–water partition coefficient (Wildman–Crippen LogP) is 13.7. The van der Waals surface area contributed by atoms with Gasteiger partial charge in [-0.1, -0.05) is 179 Å². The molecule has 0 saturated heterocycles. The maximum Gasteiger partial charge on any atom is 0.305 e. The molecule has 2 unspecified atom stereocenters. The van der Waals surface area contributed by atoms with E-state index in [-0.39, 0.29) is 18.5 Å². The quantitative estimate of drug-likeness (QED) is 0.0248. The van der Waals surface area contributed by atoms with E-state index in [9.17, 15) is 19.8 Å². The van der Waals surface area contributed by atoms with E-state index in [1.165, 1.54) is 128 Å². The lowest BCUT2D eigenvalue weighted by atomic mass is 10.0. The van der Waals surface area contributed by atoms with Crippen molar-refractivity contribution >= 4 is 11.9 Å². The Morgan fingerprint density at radius 2 is 0.909 bits per heavy atom. The van der Waals surface area contributed by atoms with Crippen molar-refractivity contribution in [3.05, 3.63) is 36.5 Å². The van der Waals surface area contributed by atoms with Crippen LogP contribution in [0.5, 0.6) is 0 Å². The fourth-order valence-corrected chi connectivity index (χ4v) is 6.97. The van der Waals surface area contributed by atoms with Gasteiger partial charge in [-0.2, -0.15) is 0 Å². The second-order valence-corrected chi connectivity index (χ2v) is 16.1. The first kappa shape index (κ1) is 53.1. The third kappa shape index (κ3) is 41.5. The number of rotatable bonds is 43. The third-order valence-electron chi connectivity index (χ3n) is 10.7. The number of aliphatic hydroxyl groups is 2. The molecule has 0 aliphatic heterocycles. The average molecular weight is 774 g/mol. The molecule has 0 aromatic carbocycles. The number of carbonyl (C=O) groups is 2. The zero-order valence-corrected chi connectivity index (χ0v) is 36.4. The van der Waals surface area contributed by atoms with Gasteiger partial charge in [0.05, 0.1) is 25.4 Å². The van der Waals surface area contributed by atoms with Crippen molar-refractivity contribution < 1.29 is 24.5 Å². The first-order chi connectivity index (χ1) is 27.0. The Morgan fingerprint density at radius 3 is 1.42 bits per heavy atom. The van der Waals surface area contributed by atoms with E-state index in [2.05, 4.69) is 55.6 Å². The number of ether oxygens (including phenoxy) is 1. The Kier molecular flexibility index (Phi) is 43.2. The Hall–Kier alpha value is -1.92. The van der Waals surface area contributed by atoms with Crippen LogP contribution in [-0.2, 0) is 14.3 Å². The molecule has 322 valence electrons. The highest BCUT2D eigenvalue weighted by Gasteiger charge is 2.20. The molecule has 0 bridgehead atoms. The van der Waals surface area contributed by atoms with E-state index < -0.39 is 12.1 Å². The highest BCUT2D eigenvalue weighted by Crippen LogP contribution is 2.15. The SMILES string of the molecule is CCCCCC/C=C\CCCCCCCC(=O)OCCCCC/C=C\C=C/CCCCCCCCC(=O)NC(CO)C(O)CCCCCCCCCCCC. The summed E-state index contributed by atoms with van der Waals surface area (Å²) in [5.41, 5.74) is 0. The smallest absolute Gasteiger partial charge is 0.305 e. The van der Waals surface area contributed by atoms with Crippen LogP contribution in [0.2, 0.25) is 0 Å². The Bertz CT molecular complexity index is 900. The lowest BCUT2D eigenvalue weighted by Crippen LogP contribution is -2.45. The van der Waals surface area contributed by atoms with Gasteiger partial charge in [-0.3, -0.25) is 9.59 Å². The second kappa shape index (κ2) is 44.8. The average Bonchev–Trinajstić information content (AvgIpc) is 3.18. The molecule has 6 nitrogen and oxygen atoms in total. The Balaban J connectivity index is 3.53. The zero-order chi connectivity index (χ0) is 40.1. The summed E-state index contributed by atoms with van der Waals surface area (Å²) in [6.07, 6.45) is 52.5. The van der Waals surface area contributed by atoms with Crippen LogP contribution >= 0.6 is 0 Å². The fourth-order valence-electron chi connectivity index (χ4n) is 6.97. The van der Waals surface area contributed by atoms with Crippen LogP contribution in [0.4, 0.5) is 0 Å². The molecule has 0 aromatic heterocycles. The Labute approximate surface area is 341 Å². The summed E-state index contributed by atoms with van der Waals surface area (Å²) in [4.78, 5) is 24.3. The summed E-state index contributed by atoms with van der Waals surface area (Å²) in [5, 5.41) is 23.0. The molecule has 1 amide bonds. The molecular formula is C49H91NO5. The molecule has 0 heterocycles. The third-order valence-corrected chi connectivity index (χ3v) is 10.7. The zero-order valence-electron chi connectivity index (χ0n) is 36.4. The van der Waals surface area contributed by atoms with E-state index in [1.54, 1.807) is 0 Å². The van der Waals surface area contributed by atoms with E-state index in [4.69, 9.17) is 4.74 Å². The minimum Gasteiger partial charge on any atom is -0.466 e. The van der Waals surface area contributed by atoms with Gasteiger partial charge in [-0.05, 0) is 83.5 Å². The van der Waals surface area contributed by atoms with Crippen molar-refractivity contribution in [2.45, 2.75) is 251 Å². The minimum absolute atomic E-state index is 0.0320. The van der Waals surface area contributed by atoms with E-state index in [0.29, 0.717) is 25.9 Å². The van der Waals surface area contributed by atoms with Gasteiger partial charge in [0.25, 0.3) is 0 Å². The molecule has 0 saturated carbocycles. The molecule has 0 rings (SSSR count). The molecule has 0 radical (unpaired) electrons. The molecule has 0 spiro atoms. The van der Waals surface area contributed by atoms with Gasteiger partial charge in [-0.25, -0.2) is 0 Å². The molecule has 0 aromatic rings. The van der Waals surface area contributed by atoms with Gasteiger partial charge in [0.15, 0.2) is 0 Å². The van der Waals surface area contributed by atoms with Crippen LogP contribution in [-0.4, -0.2) is 47.4 Å². The largest absolute Gasteiger partial charge is 0.466 e. The number of hydrogen-bond donors (Lipinski definition) is 3. The molecule has 0 fully saturated rings. The lowest BCUT2D eigenvalue weighted by Gasteiger charge is -2.22. The highest BCUT2D eigenvalue weighted by molar-refractivity contribution is 5.76. The van der Waals surface area contributed by atoms with Crippen LogP contribution in [0.1, 0.15) is 239 Å².